The van der Waals surface area contributed by atoms with Crippen molar-refractivity contribution in [2.75, 3.05) is 6.61 Å². The maximum atomic E-state index is 11.9. The lowest BCUT2D eigenvalue weighted by molar-refractivity contribution is -0.118. The van der Waals surface area contributed by atoms with Crippen molar-refractivity contribution in [3.63, 3.8) is 0 Å². The number of amides is 2. The number of imide groups is 1. The molecule has 0 aromatic heterocycles. The molecular weight excluding hydrogens is 450 g/mol. The van der Waals surface area contributed by atoms with Gasteiger partial charge >= 0.3 is 0 Å². The lowest BCUT2D eigenvalue weighted by Gasteiger charge is -2.16. The van der Waals surface area contributed by atoms with E-state index in [1.165, 1.54) is 0 Å². The normalized spacial score (nSPS) is 15.5. The molecule has 0 bridgehead atoms. The fourth-order valence-electron chi connectivity index (χ4n) is 3.87. The minimum absolute atomic E-state index is 0.0465. The predicted molar refractivity (Wildman–Crippen MR) is 131 cm³/mol. The number of fused-ring (bicyclic) bond motifs is 1. The van der Waals surface area contributed by atoms with Gasteiger partial charge < -0.3 is 4.74 Å². The fourth-order valence-corrected chi connectivity index (χ4v) is 4.73. The van der Waals surface area contributed by atoms with Gasteiger partial charge in [-0.15, -0.1) is 0 Å². The predicted octanol–water partition coefficient (Wildman–Crippen LogP) is 3.99. The highest BCUT2D eigenvalue weighted by molar-refractivity contribution is 8.15. The van der Waals surface area contributed by atoms with Gasteiger partial charge in [0.1, 0.15) is 12.4 Å². The number of hydrogen-bond donors (Lipinski definition) is 1. The third-order valence-corrected chi connectivity index (χ3v) is 6.53. The molecule has 2 heterocycles. The SMILES string of the molecule is O=C1NC(=O)C(Cc2ccc(OCCn3cc4ccc(=O)cc-4c(-c4ccccc4)n3)cc2)S1. The van der Waals surface area contributed by atoms with Gasteiger partial charge in [0, 0.05) is 22.9 Å². The molecule has 1 atom stereocenters. The zero-order valence-corrected chi connectivity index (χ0v) is 19.0. The van der Waals surface area contributed by atoms with Crippen molar-refractivity contribution >= 4 is 22.9 Å². The van der Waals surface area contributed by atoms with Crippen LogP contribution >= 0.6 is 11.8 Å². The van der Waals surface area contributed by atoms with Crippen molar-refractivity contribution in [1.82, 2.24) is 15.1 Å². The number of thioether (sulfide) groups is 1. The third kappa shape index (κ3) is 4.87. The van der Waals surface area contributed by atoms with Gasteiger partial charge in [-0.2, -0.15) is 5.10 Å². The second-order valence-electron chi connectivity index (χ2n) is 7.94. The van der Waals surface area contributed by atoms with Crippen LogP contribution in [0, 0.1) is 0 Å². The van der Waals surface area contributed by atoms with E-state index in [4.69, 9.17) is 9.84 Å². The van der Waals surface area contributed by atoms with Crippen molar-refractivity contribution in [2.24, 2.45) is 0 Å². The molecule has 3 aliphatic rings. The molecule has 1 unspecified atom stereocenters. The maximum absolute atomic E-state index is 11.9. The number of nitrogens with zero attached hydrogens (tertiary/aromatic N) is 2. The Hall–Kier alpha value is -3.91. The van der Waals surface area contributed by atoms with Gasteiger partial charge in [-0.1, -0.05) is 54.2 Å². The molecule has 5 rings (SSSR count). The van der Waals surface area contributed by atoms with Crippen LogP contribution in [-0.4, -0.2) is 32.8 Å². The number of rotatable bonds is 7. The summed E-state index contributed by atoms with van der Waals surface area (Å²) in [7, 11) is 0. The molecule has 2 aromatic rings. The van der Waals surface area contributed by atoms with Crippen LogP contribution in [0.3, 0.4) is 0 Å². The highest BCUT2D eigenvalue weighted by Gasteiger charge is 2.31. The minimum Gasteiger partial charge on any atom is -0.492 e. The van der Waals surface area contributed by atoms with Gasteiger partial charge in [0.15, 0.2) is 5.43 Å². The van der Waals surface area contributed by atoms with Crippen LogP contribution < -0.4 is 15.5 Å². The van der Waals surface area contributed by atoms with Gasteiger partial charge in [0.25, 0.3) is 5.24 Å². The topological polar surface area (TPSA) is 90.3 Å². The summed E-state index contributed by atoms with van der Waals surface area (Å²) in [5, 5.41) is 6.39. The van der Waals surface area contributed by atoms with Gasteiger partial charge in [-0.25, -0.2) is 0 Å². The van der Waals surface area contributed by atoms with Crippen LogP contribution in [-0.2, 0) is 17.8 Å². The molecule has 7 nitrogen and oxygen atoms in total. The maximum Gasteiger partial charge on any atom is 0.286 e. The molecule has 0 radical (unpaired) electrons. The Kier molecular flexibility index (Phi) is 6.14. The zero-order chi connectivity index (χ0) is 23.5. The Morgan fingerprint density at radius 2 is 1.74 bits per heavy atom. The molecule has 0 saturated carbocycles. The second-order valence-corrected chi connectivity index (χ2v) is 9.11. The van der Waals surface area contributed by atoms with Crippen LogP contribution in [0.4, 0.5) is 4.79 Å². The quantitative estimate of drug-likeness (QED) is 0.438. The number of nitrogens with one attached hydrogen (secondary N) is 1. The molecule has 8 heteroatoms. The number of benzene rings is 3. The van der Waals surface area contributed by atoms with Crippen LogP contribution in [0.5, 0.6) is 5.75 Å². The fraction of sp³-hybridized carbons (Fsp3) is 0.154. The molecule has 1 N–H and O–H groups in total. The second kappa shape index (κ2) is 9.52. The molecule has 170 valence electrons. The standard InChI is InChI=1S/C26H21N3O4S/c30-20-9-8-19-16-29(28-24(22(19)15-20)18-4-2-1-3-5-18)12-13-33-21-10-6-17(7-11-21)14-23-25(31)27-26(32)34-23/h1-11,15-16,23H,12-14H2,(H,27,31,32). The third-order valence-electron chi connectivity index (χ3n) is 5.54. The summed E-state index contributed by atoms with van der Waals surface area (Å²) in [5.41, 5.74) is 4.37. The average Bonchev–Trinajstić information content (AvgIpc) is 3.16. The minimum atomic E-state index is -0.383. The summed E-state index contributed by atoms with van der Waals surface area (Å²) < 4.78 is 7.73. The van der Waals surface area contributed by atoms with Gasteiger partial charge in [-0.3, -0.25) is 24.4 Å². The van der Waals surface area contributed by atoms with E-state index in [0.29, 0.717) is 25.3 Å². The Balaban J connectivity index is 1.27. The average molecular weight is 472 g/mol. The highest BCUT2D eigenvalue weighted by atomic mass is 32.2. The number of ether oxygens (including phenoxy) is 1. The Bertz CT molecular complexity index is 1370. The molecule has 1 saturated heterocycles. The van der Waals surface area contributed by atoms with Gasteiger partial charge in [0.05, 0.1) is 17.5 Å². The monoisotopic (exact) mass is 471 g/mol. The summed E-state index contributed by atoms with van der Waals surface area (Å²) in [6.45, 7) is 0.934. The highest BCUT2D eigenvalue weighted by Crippen LogP contribution is 2.30. The van der Waals surface area contributed by atoms with E-state index >= 15 is 0 Å². The molecule has 0 spiro atoms. The van der Waals surface area contributed by atoms with E-state index in [0.717, 1.165) is 39.7 Å². The first-order chi connectivity index (χ1) is 16.5. The number of carbonyl (C=O) groups is 2. The summed E-state index contributed by atoms with van der Waals surface area (Å²) in [5.74, 6) is 0.473. The lowest BCUT2D eigenvalue weighted by Crippen LogP contribution is -2.25. The van der Waals surface area contributed by atoms with Crippen LogP contribution in [0.1, 0.15) is 5.56 Å². The van der Waals surface area contributed by atoms with Crippen molar-refractivity contribution < 1.29 is 14.3 Å². The first-order valence-electron chi connectivity index (χ1n) is 10.9. The molecule has 1 aliphatic carbocycles. The van der Waals surface area contributed by atoms with Crippen LogP contribution in [0.2, 0.25) is 0 Å². The van der Waals surface area contributed by atoms with Crippen molar-refractivity contribution in [3.8, 4) is 28.1 Å². The van der Waals surface area contributed by atoms with Gasteiger partial charge in [-0.05, 0) is 42.3 Å². The summed E-state index contributed by atoms with van der Waals surface area (Å²) in [6.07, 6.45) is 2.41. The number of carbonyl (C=O) groups excluding carboxylic acids is 2. The van der Waals surface area contributed by atoms with Crippen molar-refractivity contribution in [3.05, 3.63) is 94.8 Å². The largest absolute Gasteiger partial charge is 0.492 e. The Morgan fingerprint density at radius 1 is 0.941 bits per heavy atom. The molecule has 1 fully saturated rings. The molecular formula is C26H21N3O4S. The van der Waals surface area contributed by atoms with E-state index in [9.17, 15) is 14.4 Å². The van der Waals surface area contributed by atoms with Crippen LogP contribution in [0.25, 0.3) is 22.4 Å². The van der Waals surface area contributed by atoms with E-state index < -0.39 is 0 Å². The zero-order valence-electron chi connectivity index (χ0n) is 18.1. The first kappa shape index (κ1) is 21.9. The smallest absolute Gasteiger partial charge is 0.286 e. The first-order valence-corrected chi connectivity index (χ1v) is 11.7. The Morgan fingerprint density at radius 3 is 2.47 bits per heavy atom. The van der Waals surface area contributed by atoms with Crippen molar-refractivity contribution in [2.45, 2.75) is 18.2 Å². The van der Waals surface area contributed by atoms with E-state index in [1.54, 1.807) is 12.1 Å². The molecule has 34 heavy (non-hydrogen) atoms. The van der Waals surface area contributed by atoms with Gasteiger partial charge in [0.2, 0.25) is 5.91 Å². The number of aromatic nitrogens is 2. The lowest BCUT2D eigenvalue weighted by atomic mass is 9.99. The molecule has 2 aliphatic heterocycles. The van der Waals surface area contributed by atoms with E-state index in [-0.39, 0.29) is 21.8 Å². The molecule has 2 aromatic carbocycles. The summed E-state index contributed by atoms with van der Waals surface area (Å²) in [6, 6.07) is 22.3. The number of hydrogen-bond acceptors (Lipinski definition) is 6. The van der Waals surface area contributed by atoms with E-state index in [2.05, 4.69) is 5.32 Å². The van der Waals surface area contributed by atoms with Crippen molar-refractivity contribution in [1.29, 1.82) is 0 Å². The summed E-state index contributed by atoms with van der Waals surface area (Å²) in [4.78, 5) is 35.0. The molecule has 2 amide bonds. The Labute approximate surface area is 200 Å². The summed E-state index contributed by atoms with van der Waals surface area (Å²) >= 11 is 1.03. The van der Waals surface area contributed by atoms with Crippen LogP contribution in [0.15, 0.2) is 83.8 Å². The van der Waals surface area contributed by atoms with E-state index in [1.807, 2.05) is 71.5 Å².